The molecule has 108 valence electrons. The summed E-state index contributed by atoms with van der Waals surface area (Å²) in [4.78, 5) is 0. The normalized spacial score (nSPS) is 10.1. The molecule has 2 aromatic carbocycles. The minimum Gasteiger partial charge on any atom is -0.481 e. The van der Waals surface area contributed by atoms with Crippen molar-refractivity contribution in [1.29, 1.82) is 0 Å². The highest BCUT2D eigenvalue weighted by atomic mass is 16.5. The molecule has 0 saturated carbocycles. The third-order valence-corrected chi connectivity index (χ3v) is 3.13. The van der Waals surface area contributed by atoms with Crippen LogP contribution in [0.25, 0.3) is 0 Å². The molecule has 0 atom stereocenters. The molecule has 0 fully saturated rings. The second kappa shape index (κ2) is 8.11. The zero-order valence-electron chi connectivity index (χ0n) is 11.9. The van der Waals surface area contributed by atoms with Crippen molar-refractivity contribution in [3.63, 3.8) is 0 Å². The van der Waals surface area contributed by atoms with Crippen molar-refractivity contribution in [3.8, 4) is 18.1 Å². The first kappa shape index (κ1) is 15.1. The van der Waals surface area contributed by atoms with Crippen LogP contribution in [0.5, 0.6) is 5.75 Å². The van der Waals surface area contributed by atoms with Crippen molar-refractivity contribution in [1.82, 2.24) is 5.32 Å². The highest BCUT2D eigenvalue weighted by Gasteiger charge is 2.02. The van der Waals surface area contributed by atoms with Gasteiger partial charge in [0.25, 0.3) is 0 Å². The molecular formula is C18H19NO2. The topological polar surface area (TPSA) is 41.5 Å². The van der Waals surface area contributed by atoms with E-state index < -0.39 is 0 Å². The van der Waals surface area contributed by atoms with Gasteiger partial charge in [-0.1, -0.05) is 48.4 Å². The summed E-state index contributed by atoms with van der Waals surface area (Å²) in [6.07, 6.45) is 5.22. The maximum Gasteiger partial charge on any atom is 0.148 e. The van der Waals surface area contributed by atoms with Gasteiger partial charge in [-0.25, -0.2) is 0 Å². The third-order valence-electron chi connectivity index (χ3n) is 3.13. The summed E-state index contributed by atoms with van der Waals surface area (Å²) in [6.45, 7) is 1.82. The van der Waals surface area contributed by atoms with E-state index in [2.05, 4.69) is 11.2 Å². The lowest BCUT2D eigenvalue weighted by Gasteiger charge is -2.10. The summed E-state index contributed by atoms with van der Waals surface area (Å²) in [5, 5.41) is 12.4. The van der Waals surface area contributed by atoms with Crippen LogP contribution < -0.4 is 10.1 Å². The smallest absolute Gasteiger partial charge is 0.148 e. The van der Waals surface area contributed by atoms with Crippen molar-refractivity contribution in [2.45, 2.75) is 19.7 Å². The fraction of sp³-hybridized carbons (Fsp3) is 0.222. The molecule has 0 aromatic heterocycles. The number of para-hydroxylation sites is 1. The van der Waals surface area contributed by atoms with Crippen molar-refractivity contribution in [2.24, 2.45) is 0 Å². The third kappa shape index (κ3) is 4.64. The van der Waals surface area contributed by atoms with Crippen molar-refractivity contribution < 1.29 is 9.84 Å². The van der Waals surface area contributed by atoms with E-state index in [0.29, 0.717) is 6.54 Å². The fourth-order valence-corrected chi connectivity index (χ4v) is 2.01. The Labute approximate surface area is 125 Å². The second-order valence-electron chi connectivity index (χ2n) is 4.68. The van der Waals surface area contributed by atoms with E-state index in [4.69, 9.17) is 16.3 Å². The molecule has 2 N–H and O–H groups in total. The molecule has 0 aliphatic rings. The molecule has 0 bridgehead atoms. The number of benzene rings is 2. The summed E-state index contributed by atoms with van der Waals surface area (Å²) in [5.74, 6) is 3.29. The lowest BCUT2D eigenvalue weighted by Crippen LogP contribution is -2.13. The van der Waals surface area contributed by atoms with E-state index in [1.54, 1.807) is 0 Å². The van der Waals surface area contributed by atoms with Gasteiger partial charge < -0.3 is 15.2 Å². The molecule has 21 heavy (non-hydrogen) atoms. The lowest BCUT2D eigenvalue weighted by molar-refractivity contribution is 0.282. The molecule has 0 aliphatic carbocycles. The Morgan fingerprint density at radius 1 is 1.00 bits per heavy atom. The Morgan fingerprint density at radius 3 is 2.43 bits per heavy atom. The summed E-state index contributed by atoms with van der Waals surface area (Å²) >= 11 is 0. The van der Waals surface area contributed by atoms with Gasteiger partial charge in [-0.05, 0) is 17.2 Å². The van der Waals surface area contributed by atoms with Gasteiger partial charge >= 0.3 is 0 Å². The van der Waals surface area contributed by atoms with Gasteiger partial charge in [0, 0.05) is 18.7 Å². The highest BCUT2D eigenvalue weighted by Crippen LogP contribution is 2.17. The summed E-state index contributed by atoms with van der Waals surface area (Å²) in [7, 11) is 0. The quantitative estimate of drug-likeness (QED) is 0.766. The molecule has 0 radical (unpaired) electrons. The Hall–Kier alpha value is -2.28. The number of aliphatic hydroxyl groups is 1. The van der Waals surface area contributed by atoms with Crippen LogP contribution in [0, 0.1) is 12.3 Å². The molecule has 0 unspecified atom stereocenters. The molecule has 3 heteroatoms. The largest absolute Gasteiger partial charge is 0.481 e. The van der Waals surface area contributed by atoms with E-state index in [1.807, 2.05) is 48.5 Å². The zero-order valence-corrected chi connectivity index (χ0v) is 11.9. The average Bonchev–Trinajstić information content (AvgIpc) is 2.54. The van der Waals surface area contributed by atoms with Crippen LogP contribution in [0.3, 0.4) is 0 Å². The average molecular weight is 281 g/mol. The number of rotatable bonds is 7. The number of terminal acetylenes is 1. The molecule has 0 spiro atoms. The molecule has 0 heterocycles. The molecule has 3 nitrogen and oxygen atoms in total. The van der Waals surface area contributed by atoms with Crippen LogP contribution in [-0.2, 0) is 19.7 Å². The van der Waals surface area contributed by atoms with E-state index in [9.17, 15) is 0 Å². The number of ether oxygens (including phenoxy) is 1. The maximum atomic E-state index is 9.01. The first-order valence-corrected chi connectivity index (χ1v) is 6.87. The standard InChI is InChI=1S/C18H19NO2/c1-2-11-21-18-6-4-3-5-17(18)13-19-12-15-7-9-16(14-20)10-8-15/h1,3-10,19-20H,11-14H2. The lowest BCUT2D eigenvalue weighted by atomic mass is 10.1. The van der Waals surface area contributed by atoms with E-state index >= 15 is 0 Å². The van der Waals surface area contributed by atoms with Crippen LogP contribution >= 0.6 is 0 Å². The predicted molar refractivity (Wildman–Crippen MR) is 83.7 cm³/mol. The van der Waals surface area contributed by atoms with Gasteiger partial charge in [0.15, 0.2) is 0 Å². The Bertz CT molecular complexity index is 599. The SMILES string of the molecule is C#CCOc1ccccc1CNCc1ccc(CO)cc1. The van der Waals surface area contributed by atoms with E-state index in [-0.39, 0.29) is 13.2 Å². The molecule has 0 aliphatic heterocycles. The summed E-state index contributed by atoms with van der Waals surface area (Å²) < 4.78 is 5.52. The molecule has 0 amide bonds. The second-order valence-corrected chi connectivity index (χ2v) is 4.68. The van der Waals surface area contributed by atoms with Gasteiger partial charge in [0.05, 0.1) is 6.61 Å². The van der Waals surface area contributed by atoms with Crippen LogP contribution in [0.15, 0.2) is 48.5 Å². The Kier molecular flexibility index (Phi) is 5.83. The van der Waals surface area contributed by atoms with Gasteiger partial charge in [-0.15, -0.1) is 6.42 Å². The van der Waals surface area contributed by atoms with Gasteiger partial charge in [-0.3, -0.25) is 0 Å². The minimum absolute atomic E-state index is 0.0770. The monoisotopic (exact) mass is 281 g/mol. The molecule has 2 rings (SSSR count). The number of aliphatic hydroxyl groups excluding tert-OH is 1. The maximum absolute atomic E-state index is 9.01. The van der Waals surface area contributed by atoms with Crippen LogP contribution in [0.4, 0.5) is 0 Å². The molecular weight excluding hydrogens is 262 g/mol. The minimum atomic E-state index is 0.0770. The van der Waals surface area contributed by atoms with Crippen molar-refractivity contribution in [3.05, 3.63) is 65.2 Å². The van der Waals surface area contributed by atoms with E-state index in [1.165, 1.54) is 5.56 Å². The number of hydrogen-bond acceptors (Lipinski definition) is 3. The summed E-state index contributed by atoms with van der Waals surface area (Å²) in [5.41, 5.74) is 3.18. The first-order valence-electron chi connectivity index (χ1n) is 6.87. The van der Waals surface area contributed by atoms with Crippen molar-refractivity contribution >= 4 is 0 Å². The van der Waals surface area contributed by atoms with Gasteiger partial charge in [-0.2, -0.15) is 0 Å². The van der Waals surface area contributed by atoms with Crippen LogP contribution in [-0.4, -0.2) is 11.7 Å². The number of nitrogens with one attached hydrogen (secondary N) is 1. The fourth-order valence-electron chi connectivity index (χ4n) is 2.01. The van der Waals surface area contributed by atoms with Gasteiger partial charge in [0.1, 0.15) is 12.4 Å². The summed E-state index contributed by atoms with van der Waals surface area (Å²) in [6, 6.07) is 15.7. The van der Waals surface area contributed by atoms with Crippen LogP contribution in [0.2, 0.25) is 0 Å². The number of hydrogen-bond donors (Lipinski definition) is 2. The molecule has 2 aromatic rings. The Morgan fingerprint density at radius 2 is 1.71 bits per heavy atom. The highest BCUT2D eigenvalue weighted by molar-refractivity contribution is 5.33. The Balaban J connectivity index is 1.89. The first-order chi connectivity index (χ1) is 10.3. The zero-order chi connectivity index (χ0) is 14.9. The van der Waals surface area contributed by atoms with Crippen molar-refractivity contribution in [2.75, 3.05) is 6.61 Å². The van der Waals surface area contributed by atoms with E-state index in [0.717, 1.165) is 23.4 Å². The van der Waals surface area contributed by atoms with Crippen LogP contribution in [0.1, 0.15) is 16.7 Å². The predicted octanol–water partition coefficient (Wildman–Crippen LogP) is 2.48. The van der Waals surface area contributed by atoms with Gasteiger partial charge in [0.2, 0.25) is 0 Å². The molecule has 0 saturated heterocycles.